The van der Waals surface area contributed by atoms with E-state index in [2.05, 4.69) is 10.3 Å². The van der Waals surface area contributed by atoms with E-state index in [0.29, 0.717) is 11.0 Å². The van der Waals surface area contributed by atoms with E-state index in [9.17, 15) is 8.42 Å². The molecule has 6 nitrogen and oxygen atoms in total. The van der Waals surface area contributed by atoms with Gasteiger partial charge >= 0.3 is 0 Å². The number of para-hydroxylation sites is 1. The molecular formula is C17H19N3O3S. The summed E-state index contributed by atoms with van der Waals surface area (Å²) in [4.78, 5) is 0.0769. The summed E-state index contributed by atoms with van der Waals surface area (Å²) in [5, 5.41) is 7.76. The number of nitrogens with zero attached hydrogens (tertiary/aromatic N) is 3. The zero-order chi connectivity index (χ0) is 17.5. The Labute approximate surface area is 141 Å². The molecule has 7 heteroatoms. The summed E-state index contributed by atoms with van der Waals surface area (Å²) >= 11 is 0. The zero-order valence-electron chi connectivity index (χ0n) is 14.0. The van der Waals surface area contributed by atoms with Gasteiger partial charge in [0.15, 0.2) is 0 Å². The van der Waals surface area contributed by atoms with Crippen LogP contribution in [0.1, 0.15) is 26.3 Å². The number of benzene rings is 2. The fraction of sp³-hybridized carbons (Fsp3) is 0.294. The molecule has 0 N–H and O–H groups in total. The summed E-state index contributed by atoms with van der Waals surface area (Å²) < 4.78 is 32.5. The van der Waals surface area contributed by atoms with Crippen molar-refractivity contribution >= 4 is 21.1 Å². The number of rotatable bonds is 3. The van der Waals surface area contributed by atoms with E-state index in [0.717, 1.165) is 9.65 Å². The second kappa shape index (κ2) is 5.59. The van der Waals surface area contributed by atoms with Crippen molar-refractivity contribution in [2.45, 2.75) is 31.1 Å². The van der Waals surface area contributed by atoms with Crippen molar-refractivity contribution in [2.75, 3.05) is 7.11 Å². The van der Waals surface area contributed by atoms with Gasteiger partial charge in [0, 0.05) is 0 Å². The van der Waals surface area contributed by atoms with Crippen LogP contribution in [0.5, 0.6) is 5.75 Å². The molecule has 0 radical (unpaired) electrons. The molecule has 0 fully saturated rings. The third-order valence-corrected chi connectivity index (χ3v) is 5.46. The van der Waals surface area contributed by atoms with Gasteiger partial charge in [0.25, 0.3) is 10.0 Å². The van der Waals surface area contributed by atoms with Gasteiger partial charge in [-0.1, -0.05) is 44.2 Å². The first kappa shape index (κ1) is 16.4. The second-order valence-electron chi connectivity index (χ2n) is 6.54. The summed E-state index contributed by atoms with van der Waals surface area (Å²) in [6, 6.07) is 12.1. The molecule has 2 aromatic carbocycles. The highest BCUT2D eigenvalue weighted by atomic mass is 32.2. The van der Waals surface area contributed by atoms with Crippen molar-refractivity contribution < 1.29 is 13.2 Å². The molecule has 0 saturated carbocycles. The topological polar surface area (TPSA) is 74.1 Å². The number of hydrogen-bond donors (Lipinski definition) is 0. The molecular weight excluding hydrogens is 326 g/mol. The first-order valence-electron chi connectivity index (χ1n) is 7.50. The van der Waals surface area contributed by atoms with Gasteiger partial charge in [0.1, 0.15) is 21.7 Å². The monoisotopic (exact) mass is 345 g/mol. The Balaban J connectivity index is 2.26. The maximum Gasteiger partial charge on any atom is 0.288 e. The maximum absolute atomic E-state index is 13.1. The van der Waals surface area contributed by atoms with Gasteiger partial charge in [-0.05, 0) is 35.2 Å². The number of ether oxygens (including phenoxy) is 1. The SMILES string of the molecule is COc1ccc(C(C)(C)C)cc1S(=O)(=O)n1nnc2ccccc21. The van der Waals surface area contributed by atoms with Gasteiger partial charge in [-0.15, -0.1) is 9.19 Å². The Kier molecular flexibility index (Phi) is 3.83. The van der Waals surface area contributed by atoms with Gasteiger partial charge in [-0.3, -0.25) is 0 Å². The van der Waals surface area contributed by atoms with Crippen LogP contribution in [-0.4, -0.2) is 29.9 Å². The van der Waals surface area contributed by atoms with E-state index >= 15 is 0 Å². The molecule has 0 aliphatic heterocycles. The summed E-state index contributed by atoms with van der Waals surface area (Å²) in [7, 11) is -2.48. The van der Waals surface area contributed by atoms with E-state index in [1.165, 1.54) is 7.11 Å². The highest BCUT2D eigenvalue weighted by Gasteiger charge is 2.27. The molecule has 126 valence electrons. The lowest BCUT2D eigenvalue weighted by Crippen LogP contribution is -2.18. The predicted octanol–water partition coefficient (Wildman–Crippen LogP) is 2.97. The molecule has 0 atom stereocenters. The molecule has 0 aliphatic rings. The fourth-order valence-electron chi connectivity index (χ4n) is 2.46. The largest absolute Gasteiger partial charge is 0.495 e. The molecule has 1 aromatic heterocycles. The van der Waals surface area contributed by atoms with E-state index in [-0.39, 0.29) is 16.1 Å². The van der Waals surface area contributed by atoms with Crippen LogP contribution in [0, 0.1) is 0 Å². The zero-order valence-corrected chi connectivity index (χ0v) is 14.8. The molecule has 1 heterocycles. The molecule has 0 saturated heterocycles. The maximum atomic E-state index is 13.1. The van der Waals surface area contributed by atoms with Gasteiger partial charge in [-0.25, -0.2) is 0 Å². The fourth-order valence-corrected chi connectivity index (χ4v) is 3.88. The minimum Gasteiger partial charge on any atom is -0.495 e. The third kappa shape index (κ3) is 2.65. The number of methoxy groups -OCH3 is 1. The lowest BCUT2D eigenvalue weighted by atomic mass is 9.87. The molecule has 0 unspecified atom stereocenters. The predicted molar refractivity (Wildman–Crippen MR) is 91.8 cm³/mol. The molecule has 3 aromatic rings. The number of aromatic nitrogens is 3. The van der Waals surface area contributed by atoms with Crippen LogP contribution >= 0.6 is 0 Å². The molecule has 24 heavy (non-hydrogen) atoms. The lowest BCUT2D eigenvalue weighted by Gasteiger charge is -2.21. The van der Waals surface area contributed by atoms with Crippen LogP contribution in [0.25, 0.3) is 11.0 Å². The molecule has 0 aliphatic carbocycles. The van der Waals surface area contributed by atoms with Gasteiger partial charge in [-0.2, -0.15) is 8.42 Å². The summed E-state index contributed by atoms with van der Waals surface area (Å²) in [5.74, 6) is 0.280. The van der Waals surface area contributed by atoms with Crippen molar-refractivity contribution in [3.63, 3.8) is 0 Å². The van der Waals surface area contributed by atoms with Crippen molar-refractivity contribution in [2.24, 2.45) is 0 Å². The van der Waals surface area contributed by atoms with Gasteiger partial charge in [0.05, 0.1) is 7.11 Å². The molecule has 3 rings (SSSR count). The van der Waals surface area contributed by atoms with Gasteiger partial charge < -0.3 is 4.74 Å². The second-order valence-corrected chi connectivity index (χ2v) is 8.28. The van der Waals surface area contributed by atoms with Crippen molar-refractivity contribution in [1.29, 1.82) is 0 Å². The normalized spacial score (nSPS) is 12.5. The number of fused-ring (bicyclic) bond motifs is 1. The first-order valence-corrected chi connectivity index (χ1v) is 8.94. The average Bonchev–Trinajstić information content (AvgIpc) is 2.98. The van der Waals surface area contributed by atoms with Crippen LogP contribution in [-0.2, 0) is 15.4 Å². The number of hydrogen-bond acceptors (Lipinski definition) is 5. The standard InChI is InChI=1S/C17H19N3O3S/c1-17(2,3)12-9-10-15(23-4)16(11-12)24(21,22)20-14-8-6-5-7-13(14)18-19-20/h5-11H,1-4H3. The Morgan fingerprint density at radius 3 is 2.46 bits per heavy atom. The van der Waals surface area contributed by atoms with Crippen molar-refractivity contribution in [3.8, 4) is 5.75 Å². The Morgan fingerprint density at radius 2 is 1.79 bits per heavy atom. The van der Waals surface area contributed by atoms with Crippen LogP contribution in [0.2, 0.25) is 0 Å². The lowest BCUT2D eigenvalue weighted by molar-refractivity contribution is 0.401. The highest BCUT2D eigenvalue weighted by molar-refractivity contribution is 7.90. The summed E-state index contributed by atoms with van der Waals surface area (Å²) in [6.45, 7) is 6.07. The van der Waals surface area contributed by atoms with Gasteiger partial charge in [0.2, 0.25) is 0 Å². The smallest absolute Gasteiger partial charge is 0.288 e. The van der Waals surface area contributed by atoms with Crippen LogP contribution in [0.15, 0.2) is 47.4 Å². The van der Waals surface area contributed by atoms with E-state index in [4.69, 9.17) is 4.74 Å². The highest BCUT2D eigenvalue weighted by Crippen LogP contribution is 2.32. The molecule has 0 bridgehead atoms. The van der Waals surface area contributed by atoms with Crippen molar-refractivity contribution in [1.82, 2.24) is 14.4 Å². The molecule has 0 amide bonds. The Morgan fingerprint density at radius 1 is 1.08 bits per heavy atom. The average molecular weight is 345 g/mol. The third-order valence-electron chi connectivity index (χ3n) is 3.86. The van der Waals surface area contributed by atoms with E-state index in [1.807, 2.05) is 26.8 Å². The van der Waals surface area contributed by atoms with E-state index < -0.39 is 10.0 Å². The van der Waals surface area contributed by atoms with E-state index in [1.54, 1.807) is 36.4 Å². The molecule has 0 spiro atoms. The first-order chi connectivity index (χ1) is 11.2. The minimum absolute atomic E-state index is 0.0769. The van der Waals surface area contributed by atoms with Crippen LogP contribution < -0.4 is 4.74 Å². The quantitative estimate of drug-likeness (QED) is 0.729. The summed E-state index contributed by atoms with van der Waals surface area (Å²) in [6.07, 6.45) is 0. The van der Waals surface area contributed by atoms with Crippen LogP contribution in [0.3, 0.4) is 0 Å². The summed E-state index contributed by atoms with van der Waals surface area (Å²) in [5.41, 5.74) is 1.65. The minimum atomic E-state index is -3.93. The van der Waals surface area contributed by atoms with Crippen LogP contribution in [0.4, 0.5) is 0 Å². The van der Waals surface area contributed by atoms with Crippen molar-refractivity contribution in [3.05, 3.63) is 48.0 Å². The Bertz CT molecular complexity index is 1000. The Hall–Kier alpha value is -2.41.